The number of hydrogen-bond donors (Lipinski definition) is 1. The maximum absolute atomic E-state index is 12.6. The molecular formula is C27H25Cl2N3O4. The molecule has 0 saturated carbocycles. The van der Waals surface area contributed by atoms with Gasteiger partial charge in [-0.2, -0.15) is 5.10 Å². The summed E-state index contributed by atoms with van der Waals surface area (Å²) in [5.74, 6) is 0.534. The Morgan fingerprint density at radius 2 is 1.75 bits per heavy atom. The van der Waals surface area contributed by atoms with Gasteiger partial charge in [0.05, 0.1) is 18.7 Å². The molecule has 36 heavy (non-hydrogen) atoms. The van der Waals surface area contributed by atoms with Crippen LogP contribution in [0.5, 0.6) is 11.5 Å². The van der Waals surface area contributed by atoms with Crippen LogP contribution in [0.1, 0.15) is 24.5 Å². The van der Waals surface area contributed by atoms with Crippen molar-refractivity contribution in [3.63, 3.8) is 0 Å². The Morgan fingerprint density at radius 1 is 1.06 bits per heavy atom. The average Bonchev–Trinajstić information content (AvgIpc) is 3.26. The van der Waals surface area contributed by atoms with E-state index < -0.39 is 5.92 Å². The molecular weight excluding hydrogens is 501 g/mol. The van der Waals surface area contributed by atoms with E-state index in [1.54, 1.807) is 35.4 Å². The minimum atomic E-state index is -0.475. The zero-order valence-electron chi connectivity index (χ0n) is 19.6. The van der Waals surface area contributed by atoms with E-state index >= 15 is 0 Å². The third-order valence-electron chi connectivity index (χ3n) is 5.63. The van der Waals surface area contributed by atoms with E-state index in [0.29, 0.717) is 35.6 Å². The summed E-state index contributed by atoms with van der Waals surface area (Å²) in [5.41, 5.74) is 4.89. The Kier molecular flexibility index (Phi) is 8.46. The second kappa shape index (κ2) is 11.9. The highest BCUT2D eigenvalue weighted by molar-refractivity contribution is 6.35. The molecule has 1 atom stereocenters. The van der Waals surface area contributed by atoms with Crippen molar-refractivity contribution in [2.75, 3.05) is 18.1 Å². The van der Waals surface area contributed by atoms with Crippen molar-refractivity contribution in [1.29, 1.82) is 0 Å². The lowest BCUT2D eigenvalue weighted by Gasteiger charge is -2.17. The first-order valence-corrected chi connectivity index (χ1v) is 12.2. The highest BCUT2D eigenvalue weighted by Crippen LogP contribution is 2.27. The van der Waals surface area contributed by atoms with Crippen LogP contribution in [-0.2, 0) is 16.2 Å². The van der Waals surface area contributed by atoms with E-state index in [1.807, 2.05) is 49.4 Å². The molecule has 0 radical (unpaired) electrons. The molecule has 1 aliphatic rings. The maximum atomic E-state index is 12.6. The van der Waals surface area contributed by atoms with Crippen LogP contribution in [0.2, 0.25) is 10.0 Å². The van der Waals surface area contributed by atoms with Gasteiger partial charge in [-0.25, -0.2) is 5.43 Å². The topological polar surface area (TPSA) is 80.2 Å². The van der Waals surface area contributed by atoms with Crippen LogP contribution in [0.4, 0.5) is 5.69 Å². The number of benzene rings is 3. The molecule has 1 N–H and O–H groups in total. The first kappa shape index (κ1) is 25.5. The number of anilines is 1. The van der Waals surface area contributed by atoms with Crippen LogP contribution in [0.3, 0.4) is 0 Å². The molecule has 0 bridgehead atoms. The highest BCUT2D eigenvalue weighted by Gasteiger charge is 2.35. The van der Waals surface area contributed by atoms with E-state index in [0.717, 1.165) is 22.6 Å². The number of amides is 2. The molecule has 9 heteroatoms. The minimum absolute atomic E-state index is 0.0984. The molecule has 0 aromatic heterocycles. The van der Waals surface area contributed by atoms with Gasteiger partial charge in [-0.1, -0.05) is 29.3 Å². The quantitative estimate of drug-likeness (QED) is 0.296. The van der Waals surface area contributed by atoms with Gasteiger partial charge in [-0.15, -0.1) is 0 Å². The molecule has 0 spiro atoms. The fourth-order valence-electron chi connectivity index (χ4n) is 3.73. The van der Waals surface area contributed by atoms with E-state index in [9.17, 15) is 9.59 Å². The van der Waals surface area contributed by atoms with Gasteiger partial charge in [0.1, 0.15) is 18.1 Å². The number of hydrogen-bond acceptors (Lipinski definition) is 5. The first-order chi connectivity index (χ1) is 17.4. The van der Waals surface area contributed by atoms with Crippen molar-refractivity contribution < 1.29 is 19.1 Å². The fourth-order valence-corrected chi connectivity index (χ4v) is 4.20. The van der Waals surface area contributed by atoms with Crippen LogP contribution in [-0.4, -0.2) is 31.2 Å². The van der Waals surface area contributed by atoms with Gasteiger partial charge >= 0.3 is 0 Å². The molecule has 4 rings (SSSR count). The van der Waals surface area contributed by atoms with Crippen molar-refractivity contribution in [2.24, 2.45) is 11.0 Å². The third kappa shape index (κ3) is 6.56. The summed E-state index contributed by atoms with van der Waals surface area (Å²) in [6.07, 6.45) is 1.68. The largest absolute Gasteiger partial charge is 0.494 e. The Balaban J connectivity index is 1.26. The third-order valence-corrected chi connectivity index (χ3v) is 6.22. The predicted molar refractivity (Wildman–Crippen MR) is 141 cm³/mol. The van der Waals surface area contributed by atoms with Gasteiger partial charge in [0.25, 0.3) is 0 Å². The van der Waals surface area contributed by atoms with E-state index in [2.05, 4.69) is 10.5 Å². The number of nitrogens with zero attached hydrogens (tertiary/aromatic N) is 2. The smallest absolute Gasteiger partial charge is 0.245 e. The summed E-state index contributed by atoms with van der Waals surface area (Å²) >= 11 is 12.1. The zero-order valence-corrected chi connectivity index (χ0v) is 21.1. The molecule has 1 aliphatic heterocycles. The molecule has 1 saturated heterocycles. The SMILES string of the molecule is CCOc1ccc(N2C[C@H](C(=O)N/N=C\c3ccc(OCc4ccc(Cl)cc4Cl)cc3)CC2=O)cc1. The Bertz CT molecular complexity index is 1250. The first-order valence-electron chi connectivity index (χ1n) is 11.5. The Morgan fingerprint density at radius 3 is 2.44 bits per heavy atom. The molecule has 0 unspecified atom stereocenters. The molecule has 7 nitrogen and oxygen atoms in total. The van der Waals surface area contributed by atoms with Gasteiger partial charge < -0.3 is 14.4 Å². The molecule has 3 aromatic rings. The average molecular weight is 526 g/mol. The number of hydrazone groups is 1. The normalized spacial score (nSPS) is 15.4. The fraction of sp³-hybridized carbons (Fsp3) is 0.222. The summed E-state index contributed by atoms with van der Waals surface area (Å²) in [6.45, 7) is 3.10. The lowest BCUT2D eigenvalue weighted by atomic mass is 10.1. The predicted octanol–water partition coefficient (Wildman–Crippen LogP) is 5.47. The number of rotatable bonds is 9. The summed E-state index contributed by atoms with van der Waals surface area (Å²) < 4.78 is 11.2. The Hall–Kier alpha value is -3.55. The van der Waals surface area contributed by atoms with Crippen molar-refractivity contribution in [3.05, 3.63) is 87.9 Å². The second-order valence-corrected chi connectivity index (χ2v) is 9.00. The molecule has 3 aromatic carbocycles. The van der Waals surface area contributed by atoms with Crippen molar-refractivity contribution in [3.8, 4) is 11.5 Å². The van der Waals surface area contributed by atoms with Gasteiger partial charge in [0, 0.05) is 34.3 Å². The molecule has 1 fully saturated rings. The molecule has 0 aliphatic carbocycles. The summed E-state index contributed by atoms with van der Waals surface area (Å²) in [7, 11) is 0. The monoisotopic (exact) mass is 525 g/mol. The highest BCUT2D eigenvalue weighted by atomic mass is 35.5. The van der Waals surface area contributed by atoms with Crippen LogP contribution >= 0.6 is 23.2 Å². The minimum Gasteiger partial charge on any atom is -0.494 e. The van der Waals surface area contributed by atoms with Gasteiger partial charge in [0.2, 0.25) is 11.8 Å². The zero-order chi connectivity index (χ0) is 25.5. The number of ether oxygens (including phenoxy) is 2. The lowest BCUT2D eigenvalue weighted by molar-refractivity contribution is -0.126. The van der Waals surface area contributed by atoms with Crippen LogP contribution in [0.15, 0.2) is 71.8 Å². The van der Waals surface area contributed by atoms with E-state index in [1.165, 1.54) is 0 Å². The molecule has 186 valence electrons. The van der Waals surface area contributed by atoms with Gasteiger partial charge in [-0.05, 0) is 73.2 Å². The van der Waals surface area contributed by atoms with Crippen LogP contribution in [0.25, 0.3) is 0 Å². The van der Waals surface area contributed by atoms with Gasteiger partial charge in [-0.3, -0.25) is 9.59 Å². The molecule has 1 heterocycles. The van der Waals surface area contributed by atoms with E-state index in [4.69, 9.17) is 32.7 Å². The summed E-state index contributed by atoms with van der Waals surface area (Å²) in [4.78, 5) is 26.6. The van der Waals surface area contributed by atoms with Crippen LogP contribution < -0.4 is 19.8 Å². The van der Waals surface area contributed by atoms with Crippen molar-refractivity contribution in [2.45, 2.75) is 20.0 Å². The van der Waals surface area contributed by atoms with E-state index in [-0.39, 0.29) is 18.2 Å². The lowest BCUT2D eigenvalue weighted by Crippen LogP contribution is -2.30. The number of nitrogens with one attached hydrogen (secondary N) is 1. The van der Waals surface area contributed by atoms with Crippen molar-refractivity contribution >= 4 is 46.9 Å². The number of carbonyl (C=O) groups excluding carboxylic acids is 2. The standard InChI is InChI=1S/C27H25Cl2N3O4/c1-2-35-23-11-7-22(8-12-23)32-16-20(13-26(32)33)27(34)31-30-15-18-3-9-24(10-4-18)36-17-19-5-6-21(28)14-25(19)29/h3-12,14-15,20H,2,13,16-17H2,1H3,(H,31,34)/b30-15-/t20-/m1/s1. The molecule has 2 amide bonds. The van der Waals surface area contributed by atoms with Gasteiger partial charge in [0.15, 0.2) is 0 Å². The van der Waals surface area contributed by atoms with Crippen molar-refractivity contribution in [1.82, 2.24) is 5.43 Å². The number of halogens is 2. The maximum Gasteiger partial charge on any atom is 0.245 e. The summed E-state index contributed by atoms with van der Waals surface area (Å²) in [6, 6.07) is 19.8. The second-order valence-electron chi connectivity index (χ2n) is 8.16. The number of carbonyl (C=O) groups is 2. The van der Waals surface area contributed by atoms with Crippen LogP contribution in [0, 0.1) is 5.92 Å². The Labute approximate surface area is 219 Å². The summed E-state index contributed by atoms with van der Waals surface area (Å²) in [5, 5.41) is 5.17.